The number of benzene rings is 1. The number of amides is 1. The van der Waals surface area contributed by atoms with Crippen LogP contribution in [0.2, 0.25) is 0 Å². The first-order valence-electron chi connectivity index (χ1n) is 11.9. The largest absolute Gasteiger partial charge is 0.361 e. The Kier molecular flexibility index (Phi) is 7.79. The average molecular weight is 459 g/mol. The Balaban J connectivity index is 1.25. The van der Waals surface area contributed by atoms with Gasteiger partial charge in [0.1, 0.15) is 5.82 Å². The van der Waals surface area contributed by atoms with Gasteiger partial charge in [0.2, 0.25) is 5.91 Å². The number of hydrogen-bond acceptors (Lipinski definition) is 5. The maximum atomic E-state index is 13.9. The monoisotopic (exact) mass is 458 g/mol. The topological polar surface area (TPSA) is 57.3 Å². The predicted molar refractivity (Wildman–Crippen MR) is 130 cm³/mol. The first kappa shape index (κ1) is 23.2. The lowest BCUT2D eigenvalue weighted by Crippen LogP contribution is -2.38. The Labute approximate surface area is 194 Å². The minimum absolute atomic E-state index is 0.189. The first-order chi connectivity index (χ1) is 15.5. The lowest BCUT2D eigenvalue weighted by molar-refractivity contribution is -0.122. The first-order valence-corrected chi connectivity index (χ1v) is 12.8. The number of carbonyl (C=O) groups excluding carboxylic acids is 1. The van der Waals surface area contributed by atoms with E-state index in [9.17, 15) is 9.18 Å². The van der Waals surface area contributed by atoms with Crippen molar-refractivity contribution in [2.24, 2.45) is 5.92 Å². The van der Waals surface area contributed by atoms with E-state index in [-0.39, 0.29) is 11.7 Å². The van der Waals surface area contributed by atoms with Crippen LogP contribution in [0.5, 0.6) is 0 Å². The molecule has 1 fully saturated rings. The summed E-state index contributed by atoms with van der Waals surface area (Å²) in [5.41, 5.74) is 3.12. The molecular weight excluding hydrogens is 423 g/mol. The number of aromatic nitrogens is 1. The smallest absolute Gasteiger partial charge is 0.220 e. The highest BCUT2D eigenvalue weighted by Crippen LogP contribution is 2.37. The van der Waals surface area contributed by atoms with Crippen molar-refractivity contribution < 1.29 is 9.18 Å². The van der Waals surface area contributed by atoms with E-state index in [1.807, 2.05) is 20.2 Å². The van der Waals surface area contributed by atoms with E-state index in [1.54, 1.807) is 23.5 Å². The molecule has 174 valence electrons. The Morgan fingerprint density at radius 2 is 2.03 bits per heavy atom. The van der Waals surface area contributed by atoms with Gasteiger partial charge in [0, 0.05) is 29.4 Å². The molecule has 1 aromatic carbocycles. The minimum Gasteiger partial charge on any atom is -0.361 e. The number of hydrogen-bond donors (Lipinski definition) is 2. The SMILES string of the molecule is CN(C)CCCC(=O)NC1CCC(CNc2nc3c(s2)CCCc2ccc(F)cc2-3)CC1. The van der Waals surface area contributed by atoms with Gasteiger partial charge in [0.15, 0.2) is 5.13 Å². The van der Waals surface area contributed by atoms with Crippen molar-refractivity contribution in [2.45, 2.75) is 63.8 Å². The van der Waals surface area contributed by atoms with E-state index in [2.05, 4.69) is 15.5 Å². The van der Waals surface area contributed by atoms with Crippen LogP contribution in [0.4, 0.5) is 9.52 Å². The summed E-state index contributed by atoms with van der Waals surface area (Å²) in [6.07, 6.45) is 8.93. The predicted octanol–water partition coefficient (Wildman–Crippen LogP) is 4.87. The molecule has 2 aliphatic carbocycles. The average Bonchev–Trinajstić information content (AvgIpc) is 3.09. The Morgan fingerprint density at radius 3 is 2.81 bits per heavy atom. The van der Waals surface area contributed by atoms with Crippen molar-refractivity contribution in [1.82, 2.24) is 15.2 Å². The molecule has 0 spiro atoms. The second-order valence-corrected chi connectivity index (χ2v) is 10.6. The van der Waals surface area contributed by atoms with E-state index in [1.165, 1.54) is 10.4 Å². The fourth-order valence-electron chi connectivity index (χ4n) is 4.83. The molecule has 7 heteroatoms. The molecule has 1 amide bonds. The molecule has 4 rings (SSSR count). The molecule has 1 heterocycles. The molecule has 0 atom stereocenters. The summed E-state index contributed by atoms with van der Waals surface area (Å²) in [6.45, 7) is 1.86. The van der Waals surface area contributed by atoms with Gasteiger partial charge in [-0.15, -0.1) is 11.3 Å². The highest BCUT2D eigenvalue weighted by molar-refractivity contribution is 7.16. The van der Waals surface area contributed by atoms with Crippen molar-refractivity contribution in [3.63, 3.8) is 0 Å². The molecule has 0 aliphatic heterocycles. The van der Waals surface area contributed by atoms with Gasteiger partial charge >= 0.3 is 0 Å². The second-order valence-electron chi connectivity index (χ2n) is 9.52. The molecule has 1 saturated carbocycles. The fourth-order valence-corrected chi connectivity index (χ4v) is 5.86. The van der Waals surface area contributed by atoms with Crippen LogP contribution in [0.15, 0.2) is 18.2 Å². The van der Waals surface area contributed by atoms with Crippen molar-refractivity contribution in [3.05, 3.63) is 34.5 Å². The summed E-state index contributed by atoms with van der Waals surface area (Å²) < 4.78 is 13.9. The van der Waals surface area contributed by atoms with Crippen LogP contribution in [-0.4, -0.2) is 49.0 Å². The maximum absolute atomic E-state index is 13.9. The van der Waals surface area contributed by atoms with E-state index < -0.39 is 0 Å². The van der Waals surface area contributed by atoms with Crippen molar-refractivity contribution >= 4 is 22.4 Å². The van der Waals surface area contributed by atoms with E-state index in [0.717, 1.165) is 80.8 Å². The van der Waals surface area contributed by atoms with Crippen molar-refractivity contribution in [3.8, 4) is 11.3 Å². The van der Waals surface area contributed by atoms with Gasteiger partial charge in [-0.3, -0.25) is 4.79 Å². The Hall–Kier alpha value is -1.99. The van der Waals surface area contributed by atoms with Crippen molar-refractivity contribution in [2.75, 3.05) is 32.5 Å². The fraction of sp³-hybridized carbons (Fsp3) is 0.600. The van der Waals surface area contributed by atoms with Crippen LogP contribution < -0.4 is 10.6 Å². The van der Waals surface area contributed by atoms with E-state index in [4.69, 9.17) is 4.98 Å². The van der Waals surface area contributed by atoms with E-state index in [0.29, 0.717) is 18.4 Å². The van der Waals surface area contributed by atoms with Crippen LogP contribution in [-0.2, 0) is 17.6 Å². The minimum atomic E-state index is -0.194. The summed E-state index contributed by atoms with van der Waals surface area (Å²) in [5.74, 6) is 0.598. The summed E-state index contributed by atoms with van der Waals surface area (Å²) in [7, 11) is 4.07. The van der Waals surface area contributed by atoms with Gasteiger partial charge in [0.25, 0.3) is 0 Å². The Bertz CT molecular complexity index is 921. The zero-order chi connectivity index (χ0) is 22.5. The number of halogens is 1. The summed E-state index contributed by atoms with van der Waals surface area (Å²) >= 11 is 1.72. The van der Waals surface area contributed by atoms with Crippen LogP contribution >= 0.6 is 11.3 Å². The van der Waals surface area contributed by atoms with Gasteiger partial charge in [-0.1, -0.05) is 6.07 Å². The van der Waals surface area contributed by atoms with Crippen LogP contribution in [0.1, 0.15) is 55.4 Å². The highest BCUT2D eigenvalue weighted by atomic mass is 32.1. The number of thiazole rings is 1. The molecular formula is C25H35FN4OS. The Morgan fingerprint density at radius 1 is 1.22 bits per heavy atom. The molecule has 5 nitrogen and oxygen atoms in total. The molecule has 0 bridgehead atoms. The van der Waals surface area contributed by atoms with Gasteiger partial charge in [0.05, 0.1) is 5.69 Å². The third kappa shape index (κ3) is 6.07. The molecule has 1 aromatic heterocycles. The standard InChI is InChI=1S/C25H35FN4OS/c1-30(2)14-4-7-23(31)28-20-12-8-17(9-13-20)16-27-25-29-24-21-15-19(26)11-10-18(21)5-3-6-22(24)32-25/h10-11,15,17,20H,3-9,12-14,16H2,1-2H3,(H,27,29)(H,28,31). The number of rotatable bonds is 8. The van der Waals surface area contributed by atoms with Gasteiger partial charge in [-0.05, 0) is 95.6 Å². The van der Waals surface area contributed by atoms with E-state index >= 15 is 0 Å². The summed E-state index contributed by atoms with van der Waals surface area (Å²) in [6, 6.07) is 5.42. The lowest BCUT2D eigenvalue weighted by Gasteiger charge is -2.29. The maximum Gasteiger partial charge on any atom is 0.220 e. The molecule has 2 aromatic rings. The van der Waals surface area contributed by atoms with Crippen LogP contribution in [0.25, 0.3) is 11.3 Å². The molecule has 0 saturated heterocycles. The molecule has 0 unspecified atom stereocenters. The van der Waals surface area contributed by atoms with Gasteiger partial charge in [-0.2, -0.15) is 0 Å². The summed E-state index contributed by atoms with van der Waals surface area (Å²) in [4.78, 5) is 20.4. The van der Waals surface area contributed by atoms with Gasteiger partial charge < -0.3 is 15.5 Å². The number of carbonyl (C=O) groups is 1. The number of nitrogens with one attached hydrogen (secondary N) is 2. The molecule has 2 aliphatic rings. The number of fused-ring (bicyclic) bond motifs is 3. The summed E-state index contributed by atoms with van der Waals surface area (Å²) in [5, 5.41) is 7.72. The highest BCUT2D eigenvalue weighted by Gasteiger charge is 2.24. The lowest BCUT2D eigenvalue weighted by atomic mass is 9.86. The number of nitrogens with zero attached hydrogens (tertiary/aromatic N) is 2. The number of aryl methyl sites for hydroxylation is 2. The third-order valence-corrected chi connectivity index (χ3v) is 7.71. The van der Waals surface area contributed by atoms with Crippen molar-refractivity contribution in [1.29, 1.82) is 0 Å². The molecule has 32 heavy (non-hydrogen) atoms. The van der Waals surface area contributed by atoms with Crippen LogP contribution in [0, 0.1) is 11.7 Å². The van der Waals surface area contributed by atoms with Gasteiger partial charge in [-0.25, -0.2) is 9.37 Å². The molecule has 0 radical (unpaired) electrons. The quantitative estimate of drug-likeness (QED) is 0.593. The second kappa shape index (κ2) is 10.8. The zero-order valence-corrected chi connectivity index (χ0v) is 20.1. The normalized spacial score (nSPS) is 20.4. The zero-order valence-electron chi connectivity index (χ0n) is 19.3. The third-order valence-electron chi connectivity index (χ3n) is 6.64. The van der Waals surface area contributed by atoms with Crippen LogP contribution in [0.3, 0.4) is 0 Å². The molecule has 2 N–H and O–H groups in total. The number of anilines is 1.